The van der Waals surface area contributed by atoms with E-state index in [0.29, 0.717) is 16.1 Å². The highest BCUT2D eigenvalue weighted by atomic mass is 35.5. The molecule has 5 heteroatoms. The highest BCUT2D eigenvalue weighted by Gasteiger charge is 2.14. The number of phenolic OH excluding ortho intramolecular Hbond substituents is 1. The minimum Gasteiger partial charge on any atom is -0.506 e. The van der Waals surface area contributed by atoms with Crippen molar-refractivity contribution in [3.63, 3.8) is 0 Å². The van der Waals surface area contributed by atoms with Gasteiger partial charge in [-0.05, 0) is 36.4 Å². The highest BCUT2D eigenvalue weighted by molar-refractivity contribution is 6.37. The van der Waals surface area contributed by atoms with E-state index in [1.807, 2.05) is 0 Å². The Kier molecular flexibility index (Phi) is 3.81. The molecule has 0 saturated carbocycles. The first-order valence-corrected chi connectivity index (χ1v) is 6.10. The van der Waals surface area contributed by atoms with Crippen molar-refractivity contribution >= 4 is 40.6 Å². The SMILES string of the molecule is O=C(c1ccc(O)c(Cl)c1)c1ccc(Cl)cc1Cl. The molecule has 0 amide bonds. The first-order chi connectivity index (χ1) is 8.49. The summed E-state index contributed by atoms with van der Waals surface area (Å²) >= 11 is 17.5. The molecule has 2 rings (SSSR count). The number of carbonyl (C=O) groups is 1. The van der Waals surface area contributed by atoms with Gasteiger partial charge in [-0.1, -0.05) is 34.8 Å². The van der Waals surface area contributed by atoms with Gasteiger partial charge >= 0.3 is 0 Å². The summed E-state index contributed by atoms with van der Waals surface area (Å²) < 4.78 is 0. The average molecular weight is 302 g/mol. The minimum absolute atomic E-state index is 0.0737. The summed E-state index contributed by atoms with van der Waals surface area (Å²) in [6.45, 7) is 0. The van der Waals surface area contributed by atoms with E-state index in [2.05, 4.69) is 0 Å². The van der Waals surface area contributed by atoms with Crippen molar-refractivity contribution in [1.82, 2.24) is 0 Å². The van der Waals surface area contributed by atoms with Gasteiger partial charge in [0.05, 0.1) is 10.0 Å². The molecule has 2 aromatic carbocycles. The van der Waals surface area contributed by atoms with E-state index in [1.165, 1.54) is 24.3 Å². The Hall–Kier alpha value is -1.22. The molecule has 2 nitrogen and oxygen atoms in total. The maximum Gasteiger partial charge on any atom is 0.194 e. The Labute approximate surface area is 119 Å². The van der Waals surface area contributed by atoms with Gasteiger partial charge in [-0.2, -0.15) is 0 Å². The van der Waals surface area contributed by atoms with E-state index in [9.17, 15) is 9.90 Å². The quantitative estimate of drug-likeness (QED) is 0.824. The molecule has 0 heterocycles. The third kappa shape index (κ3) is 2.61. The molecular formula is C13H7Cl3O2. The van der Waals surface area contributed by atoms with Crippen LogP contribution in [0.25, 0.3) is 0 Å². The van der Waals surface area contributed by atoms with E-state index in [4.69, 9.17) is 34.8 Å². The second-order valence-corrected chi connectivity index (χ2v) is 4.87. The van der Waals surface area contributed by atoms with Gasteiger partial charge in [-0.15, -0.1) is 0 Å². The first kappa shape index (κ1) is 13.2. The average Bonchev–Trinajstić information content (AvgIpc) is 2.32. The van der Waals surface area contributed by atoms with Crippen LogP contribution in [-0.2, 0) is 0 Å². The molecule has 0 bridgehead atoms. The van der Waals surface area contributed by atoms with Crippen LogP contribution in [0.2, 0.25) is 15.1 Å². The van der Waals surface area contributed by atoms with Crippen molar-refractivity contribution in [3.05, 3.63) is 62.6 Å². The monoisotopic (exact) mass is 300 g/mol. The summed E-state index contributed by atoms with van der Waals surface area (Å²) in [6.07, 6.45) is 0. The number of carbonyl (C=O) groups excluding carboxylic acids is 1. The van der Waals surface area contributed by atoms with Gasteiger partial charge in [0, 0.05) is 16.1 Å². The molecule has 18 heavy (non-hydrogen) atoms. The number of aromatic hydroxyl groups is 1. The minimum atomic E-state index is -0.279. The van der Waals surface area contributed by atoms with Crippen molar-refractivity contribution in [3.8, 4) is 5.75 Å². The van der Waals surface area contributed by atoms with Crippen molar-refractivity contribution in [2.24, 2.45) is 0 Å². The summed E-state index contributed by atoms with van der Waals surface area (Å²) in [5.74, 6) is -0.353. The lowest BCUT2D eigenvalue weighted by atomic mass is 10.0. The lowest BCUT2D eigenvalue weighted by Gasteiger charge is -2.05. The second kappa shape index (κ2) is 5.19. The third-order valence-electron chi connectivity index (χ3n) is 2.39. The molecule has 0 saturated heterocycles. The van der Waals surface area contributed by atoms with Crippen LogP contribution in [0.5, 0.6) is 5.75 Å². The van der Waals surface area contributed by atoms with Gasteiger partial charge in [0.15, 0.2) is 5.78 Å². The molecule has 2 aromatic rings. The Balaban J connectivity index is 2.44. The number of benzene rings is 2. The van der Waals surface area contributed by atoms with E-state index in [0.717, 1.165) is 0 Å². The topological polar surface area (TPSA) is 37.3 Å². The Bertz CT molecular complexity index is 624. The van der Waals surface area contributed by atoms with Crippen LogP contribution in [-0.4, -0.2) is 10.9 Å². The Morgan fingerprint density at radius 1 is 0.944 bits per heavy atom. The number of phenols is 1. The molecular weight excluding hydrogens is 294 g/mol. The largest absolute Gasteiger partial charge is 0.506 e. The van der Waals surface area contributed by atoms with E-state index < -0.39 is 0 Å². The lowest BCUT2D eigenvalue weighted by molar-refractivity contribution is 0.103. The van der Waals surface area contributed by atoms with Gasteiger partial charge in [0.2, 0.25) is 0 Å². The molecule has 1 N–H and O–H groups in total. The summed E-state index contributed by atoms with van der Waals surface area (Å²) in [4.78, 5) is 12.2. The van der Waals surface area contributed by atoms with Gasteiger partial charge < -0.3 is 5.11 Å². The van der Waals surface area contributed by atoms with Crippen molar-refractivity contribution < 1.29 is 9.90 Å². The zero-order valence-electron chi connectivity index (χ0n) is 8.95. The van der Waals surface area contributed by atoms with Crippen LogP contribution in [0.1, 0.15) is 15.9 Å². The normalized spacial score (nSPS) is 10.4. The smallest absolute Gasteiger partial charge is 0.194 e. The molecule has 0 aliphatic heterocycles. The fraction of sp³-hybridized carbons (Fsp3) is 0. The van der Waals surface area contributed by atoms with Gasteiger partial charge in [0.1, 0.15) is 5.75 Å². The van der Waals surface area contributed by atoms with Crippen LogP contribution in [0.3, 0.4) is 0 Å². The summed E-state index contributed by atoms with van der Waals surface area (Å²) in [7, 11) is 0. The summed E-state index contributed by atoms with van der Waals surface area (Å²) in [6, 6.07) is 8.87. The maximum atomic E-state index is 12.2. The Morgan fingerprint density at radius 3 is 2.28 bits per heavy atom. The molecule has 0 aromatic heterocycles. The molecule has 0 fully saturated rings. The number of ketones is 1. The molecule has 0 aliphatic carbocycles. The predicted molar refractivity (Wildman–Crippen MR) is 73.0 cm³/mol. The molecule has 0 atom stereocenters. The molecule has 0 aliphatic rings. The summed E-state index contributed by atoms with van der Waals surface area (Å²) in [5, 5.41) is 10.2. The van der Waals surface area contributed by atoms with E-state index in [1.54, 1.807) is 12.1 Å². The molecule has 92 valence electrons. The maximum absolute atomic E-state index is 12.2. The van der Waals surface area contributed by atoms with Crippen LogP contribution in [0.15, 0.2) is 36.4 Å². The Morgan fingerprint density at radius 2 is 1.67 bits per heavy atom. The first-order valence-electron chi connectivity index (χ1n) is 4.97. The van der Waals surface area contributed by atoms with Gasteiger partial charge in [-0.3, -0.25) is 4.79 Å². The number of rotatable bonds is 2. The van der Waals surface area contributed by atoms with Gasteiger partial charge in [0.25, 0.3) is 0 Å². The second-order valence-electron chi connectivity index (χ2n) is 3.62. The number of hydrogen-bond acceptors (Lipinski definition) is 2. The van der Waals surface area contributed by atoms with Gasteiger partial charge in [-0.25, -0.2) is 0 Å². The number of hydrogen-bond donors (Lipinski definition) is 1. The van der Waals surface area contributed by atoms with Crippen molar-refractivity contribution in [2.75, 3.05) is 0 Å². The lowest BCUT2D eigenvalue weighted by Crippen LogP contribution is -2.02. The zero-order valence-corrected chi connectivity index (χ0v) is 11.2. The fourth-order valence-electron chi connectivity index (χ4n) is 1.48. The zero-order chi connectivity index (χ0) is 13.3. The van der Waals surface area contributed by atoms with Crippen LogP contribution >= 0.6 is 34.8 Å². The molecule has 0 spiro atoms. The molecule has 0 radical (unpaired) electrons. The van der Waals surface area contributed by atoms with E-state index >= 15 is 0 Å². The third-order valence-corrected chi connectivity index (χ3v) is 3.24. The highest BCUT2D eigenvalue weighted by Crippen LogP contribution is 2.27. The van der Waals surface area contributed by atoms with Crippen LogP contribution < -0.4 is 0 Å². The molecule has 0 unspecified atom stereocenters. The van der Waals surface area contributed by atoms with Crippen molar-refractivity contribution in [1.29, 1.82) is 0 Å². The number of halogens is 3. The van der Waals surface area contributed by atoms with Crippen molar-refractivity contribution in [2.45, 2.75) is 0 Å². The summed E-state index contributed by atoms with van der Waals surface area (Å²) in [5.41, 5.74) is 0.685. The van der Waals surface area contributed by atoms with Crippen LogP contribution in [0, 0.1) is 0 Å². The standard InChI is InChI=1S/C13H7Cl3O2/c14-8-2-3-9(10(15)6-8)13(18)7-1-4-12(17)11(16)5-7/h1-6,17H. The van der Waals surface area contributed by atoms with Crippen LogP contribution in [0.4, 0.5) is 0 Å². The van der Waals surface area contributed by atoms with E-state index in [-0.39, 0.29) is 21.6 Å². The predicted octanol–water partition coefficient (Wildman–Crippen LogP) is 4.58. The fourth-order valence-corrected chi connectivity index (χ4v) is 2.15.